The fraction of sp³-hybridized carbons (Fsp3) is 0.538. The molecule has 6 heteroatoms. The highest BCUT2D eigenvalue weighted by atomic mass is 32.2. The van der Waals surface area contributed by atoms with Gasteiger partial charge in [0.05, 0.1) is 16.3 Å². The van der Waals surface area contributed by atoms with Crippen LogP contribution >= 0.6 is 0 Å². The monoisotopic (exact) mass is 286 g/mol. The van der Waals surface area contributed by atoms with Gasteiger partial charge in [-0.25, -0.2) is 12.8 Å². The average Bonchev–Trinajstić information content (AvgIpc) is 2.85. The number of nitrogen functional groups attached to an aromatic ring is 1. The second-order valence-corrected chi connectivity index (χ2v) is 7.01. The minimum absolute atomic E-state index is 0.0145. The first-order valence-corrected chi connectivity index (χ1v) is 8.14. The van der Waals surface area contributed by atoms with Gasteiger partial charge in [-0.05, 0) is 57.1 Å². The van der Waals surface area contributed by atoms with Crippen molar-refractivity contribution in [2.24, 2.45) is 0 Å². The van der Waals surface area contributed by atoms with E-state index in [4.69, 9.17) is 5.73 Å². The molecule has 0 aliphatic carbocycles. The Labute approximate surface area is 113 Å². The van der Waals surface area contributed by atoms with Gasteiger partial charge in [0.1, 0.15) is 5.82 Å². The summed E-state index contributed by atoms with van der Waals surface area (Å²) in [7, 11) is -3.41. The summed E-state index contributed by atoms with van der Waals surface area (Å²) in [5.74, 6) is -0.632. The van der Waals surface area contributed by atoms with Gasteiger partial charge in [-0.15, -0.1) is 0 Å². The van der Waals surface area contributed by atoms with E-state index in [9.17, 15) is 12.8 Å². The van der Waals surface area contributed by atoms with Crippen LogP contribution in [0.15, 0.2) is 23.1 Å². The summed E-state index contributed by atoms with van der Waals surface area (Å²) in [5.41, 5.74) is 5.31. The van der Waals surface area contributed by atoms with Crippen LogP contribution in [0.3, 0.4) is 0 Å². The Morgan fingerprint density at radius 1 is 1.26 bits per heavy atom. The lowest BCUT2D eigenvalue weighted by Crippen LogP contribution is -2.22. The molecule has 1 fully saturated rings. The molecule has 0 saturated carbocycles. The lowest BCUT2D eigenvalue weighted by molar-refractivity contribution is 0.340. The second kappa shape index (κ2) is 5.88. The Hall–Kier alpha value is -1.14. The van der Waals surface area contributed by atoms with Crippen molar-refractivity contribution < 1.29 is 12.8 Å². The smallest absolute Gasteiger partial charge is 0.178 e. The maximum Gasteiger partial charge on any atom is 0.178 e. The van der Waals surface area contributed by atoms with Crippen molar-refractivity contribution in [1.82, 2.24) is 4.90 Å². The second-order valence-electron chi connectivity index (χ2n) is 4.90. The number of hydrogen-bond acceptors (Lipinski definition) is 4. The van der Waals surface area contributed by atoms with E-state index in [1.807, 2.05) is 0 Å². The topological polar surface area (TPSA) is 63.4 Å². The molecular formula is C13H19FN2O2S. The third-order valence-electron chi connectivity index (χ3n) is 3.42. The molecule has 1 saturated heterocycles. The van der Waals surface area contributed by atoms with Gasteiger partial charge >= 0.3 is 0 Å². The maximum absolute atomic E-state index is 13.3. The van der Waals surface area contributed by atoms with Crippen LogP contribution < -0.4 is 5.73 Å². The number of hydrogen-bond donors (Lipinski definition) is 1. The molecule has 0 aromatic heterocycles. The normalized spacial score (nSPS) is 16.9. The fourth-order valence-electron chi connectivity index (χ4n) is 2.30. The van der Waals surface area contributed by atoms with Gasteiger partial charge in [-0.3, -0.25) is 0 Å². The van der Waals surface area contributed by atoms with E-state index >= 15 is 0 Å². The zero-order valence-electron chi connectivity index (χ0n) is 10.8. The number of halogens is 1. The molecule has 0 unspecified atom stereocenters. The van der Waals surface area contributed by atoms with E-state index in [-0.39, 0.29) is 16.3 Å². The molecule has 19 heavy (non-hydrogen) atoms. The number of rotatable bonds is 5. The zero-order chi connectivity index (χ0) is 13.9. The largest absolute Gasteiger partial charge is 0.396 e. The lowest BCUT2D eigenvalue weighted by atomic mass is 10.3. The molecule has 106 valence electrons. The molecule has 1 aromatic rings. The van der Waals surface area contributed by atoms with Crippen LogP contribution in [0.25, 0.3) is 0 Å². The molecule has 2 N–H and O–H groups in total. The van der Waals surface area contributed by atoms with Crippen molar-refractivity contribution in [2.45, 2.75) is 24.2 Å². The first-order valence-electron chi connectivity index (χ1n) is 6.49. The van der Waals surface area contributed by atoms with Crippen molar-refractivity contribution in [1.29, 1.82) is 0 Å². The van der Waals surface area contributed by atoms with Gasteiger partial charge < -0.3 is 10.6 Å². The first kappa shape index (κ1) is 14.3. The number of benzene rings is 1. The maximum atomic E-state index is 13.3. The first-order chi connectivity index (χ1) is 8.99. The number of nitrogens with two attached hydrogens (primary N) is 1. The van der Waals surface area contributed by atoms with Crippen LogP contribution in [0.5, 0.6) is 0 Å². The van der Waals surface area contributed by atoms with E-state index in [1.54, 1.807) is 0 Å². The van der Waals surface area contributed by atoms with Crippen LogP contribution in [0.2, 0.25) is 0 Å². The summed E-state index contributed by atoms with van der Waals surface area (Å²) in [5, 5.41) is 0. The van der Waals surface area contributed by atoms with Crippen LogP contribution in [0.4, 0.5) is 10.1 Å². The van der Waals surface area contributed by atoms with Gasteiger partial charge in [0.15, 0.2) is 9.84 Å². The Bertz CT molecular complexity index is 540. The third-order valence-corrected chi connectivity index (χ3v) is 5.22. The number of sulfone groups is 1. The third kappa shape index (κ3) is 3.67. The van der Waals surface area contributed by atoms with Crippen molar-refractivity contribution in [2.75, 3.05) is 31.1 Å². The molecule has 1 aliphatic heterocycles. The molecule has 1 heterocycles. The van der Waals surface area contributed by atoms with Crippen molar-refractivity contribution >= 4 is 15.5 Å². The predicted octanol–water partition coefficient (Wildman–Crippen LogP) is 1.67. The molecular weight excluding hydrogens is 267 g/mol. The van der Waals surface area contributed by atoms with Gasteiger partial charge in [-0.1, -0.05) is 0 Å². The molecule has 0 radical (unpaired) electrons. The Kier molecular flexibility index (Phi) is 4.42. The SMILES string of the molecule is Nc1ccc(S(=O)(=O)CCCN2CCCC2)cc1F. The Morgan fingerprint density at radius 3 is 2.58 bits per heavy atom. The summed E-state index contributed by atoms with van der Waals surface area (Å²) in [4.78, 5) is 2.28. The Morgan fingerprint density at radius 2 is 1.95 bits per heavy atom. The molecule has 0 bridgehead atoms. The molecule has 2 rings (SSSR count). The fourth-order valence-corrected chi connectivity index (χ4v) is 3.61. The van der Waals surface area contributed by atoms with Crippen LogP contribution in [-0.2, 0) is 9.84 Å². The summed E-state index contributed by atoms with van der Waals surface area (Å²) in [6.07, 6.45) is 2.96. The molecule has 4 nitrogen and oxygen atoms in total. The molecule has 0 atom stereocenters. The van der Waals surface area contributed by atoms with Gasteiger partial charge in [0.2, 0.25) is 0 Å². The van der Waals surface area contributed by atoms with Crippen molar-refractivity contribution in [3.63, 3.8) is 0 Å². The van der Waals surface area contributed by atoms with E-state index in [1.165, 1.54) is 25.0 Å². The van der Waals surface area contributed by atoms with Gasteiger partial charge in [-0.2, -0.15) is 0 Å². The Balaban J connectivity index is 1.95. The predicted molar refractivity (Wildman–Crippen MR) is 73.2 cm³/mol. The summed E-state index contributed by atoms with van der Waals surface area (Å²) >= 11 is 0. The van der Waals surface area contributed by atoms with Gasteiger partial charge in [0, 0.05) is 0 Å². The number of anilines is 1. The number of likely N-dealkylation sites (tertiary alicyclic amines) is 1. The zero-order valence-corrected chi connectivity index (χ0v) is 11.6. The highest BCUT2D eigenvalue weighted by Gasteiger charge is 2.17. The minimum Gasteiger partial charge on any atom is -0.396 e. The molecule has 0 spiro atoms. The minimum atomic E-state index is -3.41. The summed E-state index contributed by atoms with van der Waals surface area (Å²) in [6.45, 7) is 2.89. The van der Waals surface area contributed by atoms with E-state index in [0.717, 1.165) is 25.7 Å². The van der Waals surface area contributed by atoms with Crippen molar-refractivity contribution in [3.8, 4) is 0 Å². The highest BCUT2D eigenvalue weighted by molar-refractivity contribution is 7.91. The average molecular weight is 286 g/mol. The van der Waals surface area contributed by atoms with Crippen LogP contribution in [0, 0.1) is 5.82 Å². The van der Waals surface area contributed by atoms with Crippen molar-refractivity contribution in [3.05, 3.63) is 24.0 Å². The van der Waals surface area contributed by atoms with E-state index in [0.29, 0.717) is 6.42 Å². The standard InChI is InChI=1S/C13H19FN2O2S/c14-12-10-11(4-5-13(12)15)19(17,18)9-3-8-16-6-1-2-7-16/h4-5,10H,1-3,6-9,15H2. The summed E-state index contributed by atoms with van der Waals surface area (Å²) < 4.78 is 37.4. The molecule has 0 amide bonds. The quantitative estimate of drug-likeness (QED) is 0.836. The summed E-state index contributed by atoms with van der Waals surface area (Å²) in [6, 6.07) is 3.66. The van der Waals surface area contributed by atoms with Crippen LogP contribution in [-0.4, -0.2) is 38.7 Å². The number of nitrogens with zero attached hydrogens (tertiary/aromatic N) is 1. The molecule has 1 aliphatic rings. The van der Waals surface area contributed by atoms with Gasteiger partial charge in [0.25, 0.3) is 0 Å². The highest BCUT2D eigenvalue weighted by Crippen LogP contribution is 2.18. The molecule has 1 aromatic carbocycles. The van der Waals surface area contributed by atoms with E-state index in [2.05, 4.69) is 4.90 Å². The lowest BCUT2D eigenvalue weighted by Gasteiger charge is -2.14. The van der Waals surface area contributed by atoms with Crippen LogP contribution in [0.1, 0.15) is 19.3 Å². The van der Waals surface area contributed by atoms with E-state index < -0.39 is 15.7 Å².